The Morgan fingerprint density at radius 1 is 1.16 bits per heavy atom. The van der Waals surface area contributed by atoms with Gasteiger partial charge in [0.05, 0.1) is 31.2 Å². The number of nitrogens with zero attached hydrogens (tertiary/aromatic N) is 5. The predicted molar refractivity (Wildman–Crippen MR) is 123 cm³/mol. The fourth-order valence-corrected chi connectivity index (χ4v) is 3.82. The maximum absolute atomic E-state index is 13.4. The normalized spacial score (nSPS) is 14.8. The van der Waals surface area contributed by atoms with Crippen LogP contribution in [0.25, 0.3) is 0 Å². The third-order valence-electron chi connectivity index (χ3n) is 5.29. The molecule has 4 rings (SSSR count). The number of likely N-dealkylation sites (tertiary alicyclic amines) is 1. The Balaban J connectivity index is 1.57. The second-order valence-corrected chi connectivity index (χ2v) is 8.01. The summed E-state index contributed by atoms with van der Waals surface area (Å²) < 4.78 is 1.61. The second kappa shape index (κ2) is 10.4. The fourth-order valence-electron chi connectivity index (χ4n) is 3.68. The van der Waals surface area contributed by atoms with Crippen LogP contribution in [0, 0.1) is 0 Å². The molecule has 168 valence electrons. The standard InChI is InChI=1S/C22H26ClN7O2/c23-18-14-24-22(26-17-13-25-30(15-17)11-12-31)28-20(18)27-19(16-7-3-1-4-8-16)21(32)29-9-5-2-6-10-29/h1,3-4,7-8,13-15,19,31H,2,5-6,9-12H2,(H2,24,26,27,28). The molecule has 1 fully saturated rings. The van der Waals surface area contributed by atoms with Crippen molar-refractivity contribution in [2.75, 3.05) is 30.3 Å². The molecule has 3 aromatic rings. The zero-order valence-electron chi connectivity index (χ0n) is 17.6. The van der Waals surface area contributed by atoms with Crippen molar-refractivity contribution in [3.05, 3.63) is 59.5 Å². The zero-order chi connectivity index (χ0) is 22.3. The van der Waals surface area contributed by atoms with Crippen molar-refractivity contribution in [1.29, 1.82) is 0 Å². The van der Waals surface area contributed by atoms with E-state index in [1.165, 1.54) is 6.20 Å². The molecule has 1 unspecified atom stereocenters. The molecule has 0 radical (unpaired) electrons. The molecule has 32 heavy (non-hydrogen) atoms. The van der Waals surface area contributed by atoms with Gasteiger partial charge in [-0.2, -0.15) is 10.1 Å². The summed E-state index contributed by atoms with van der Waals surface area (Å²) in [5.41, 5.74) is 1.52. The smallest absolute Gasteiger partial charge is 0.249 e. The van der Waals surface area contributed by atoms with Crippen LogP contribution in [-0.2, 0) is 11.3 Å². The van der Waals surface area contributed by atoms with Gasteiger partial charge < -0.3 is 20.6 Å². The van der Waals surface area contributed by atoms with Crippen LogP contribution in [0.3, 0.4) is 0 Å². The van der Waals surface area contributed by atoms with E-state index in [1.807, 2.05) is 35.2 Å². The lowest BCUT2D eigenvalue weighted by atomic mass is 10.0. The lowest BCUT2D eigenvalue weighted by Crippen LogP contribution is -2.41. The van der Waals surface area contributed by atoms with Crippen molar-refractivity contribution in [2.45, 2.75) is 31.8 Å². The monoisotopic (exact) mass is 455 g/mol. The Morgan fingerprint density at radius 3 is 2.69 bits per heavy atom. The minimum absolute atomic E-state index is 0.00143. The molecule has 2 aromatic heterocycles. The van der Waals surface area contributed by atoms with Crippen LogP contribution >= 0.6 is 11.6 Å². The van der Waals surface area contributed by atoms with E-state index in [4.69, 9.17) is 16.7 Å². The topological polar surface area (TPSA) is 108 Å². The molecule has 0 bridgehead atoms. The van der Waals surface area contributed by atoms with Gasteiger partial charge in [-0.05, 0) is 24.8 Å². The summed E-state index contributed by atoms with van der Waals surface area (Å²) in [7, 11) is 0. The molecule has 1 atom stereocenters. The summed E-state index contributed by atoms with van der Waals surface area (Å²) in [5, 5.41) is 19.8. The van der Waals surface area contributed by atoms with Gasteiger partial charge in [-0.25, -0.2) is 4.98 Å². The number of rotatable bonds is 8. The van der Waals surface area contributed by atoms with Crippen molar-refractivity contribution in [2.24, 2.45) is 0 Å². The van der Waals surface area contributed by atoms with Crippen LogP contribution in [0.15, 0.2) is 48.9 Å². The minimum Gasteiger partial charge on any atom is -0.394 e. The quantitative estimate of drug-likeness (QED) is 0.478. The van der Waals surface area contributed by atoms with Crippen molar-refractivity contribution < 1.29 is 9.90 Å². The molecular formula is C22H26ClN7O2. The minimum atomic E-state index is -0.609. The van der Waals surface area contributed by atoms with Crippen LogP contribution in [0.4, 0.5) is 17.5 Å². The summed E-state index contributed by atoms with van der Waals surface area (Å²) in [6.45, 7) is 1.91. The maximum atomic E-state index is 13.4. The number of hydrogen-bond acceptors (Lipinski definition) is 7. The number of hydrogen-bond donors (Lipinski definition) is 3. The number of anilines is 3. The first-order valence-electron chi connectivity index (χ1n) is 10.7. The van der Waals surface area contributed by atoms with E-state index in [9.17, 15) is 4.79 Å². The second-order valence-electron chi connectivity index (χ2n) is 7.60. The van der Waals surface area contributed by atoms with Gasteiger partial charge in [0.15, 0.2) is 5.82 Å². The Kier molecular flexibility index (Phi) is 7.18. The Labute approximate surface area is 191 Å². The molecular weight excluding hydrogens is 430 g/mol. The number of piperidine rings is 1. The lowest BCUT2D eigenvalue weighted by Gasteiger charge is -2.31. The number of carbonyl (C=O) groups excluding carboxylic acids is 1. The first-order valence-corrected chi connectivity index (χ1v) is 11.0. The number of halogens is 1. The number of aliphatic hydroxyl groups is 1. The van der Waals surface area contributed by atoms with Crippen LogP contribution in [0.1, 0.15) is 30.9 Å². The highest BCUT2D eigenvalue weighted by atomic mass is 35.5. The van der Waals surface area contributed by atoms with Gasteiger partial charge in [0.25, 0.3) is 0 Å². The van der Waals surface area contributed by atoms with Gasteiger partial charge in [0.2, 0.25) is 11.9 Å². The van der Waals surface area contributed by atoms with E-state index in [2.05, 4.69) is 25.7 Å². The van der Waals surface area contributed by atoms with Crippen molar-refractivity contribution in [3.8, 4) is 0 Å². The highest BCUT2D eigenvalue weighted by molar-refractivity contribution is 6.32. The average molecular weight is 456 g/mol. The van der Waals surface area contributed by atoms with Gasteiger partial charge in [0, 0.05) is 19.3 Å². The third kappa shape index (κ3) is 5.35. The van der Waals surface area contributed by atoms with Gasteiger partial charge in [-0.1, -0.05) is 41.9 Å². The lowest BCUT2D eigenvalue weighted by molar-refractivity contribution is -0.133. The first kappa shape index (κ1) is 22.0. The molecule has 0 spiro atoms. The van der Waals surface area contributed by atoms with Crippen LogP contribution in [-0.4, -0.2) is 55.4 Å². The SMILES string of the molecule is O=C(C(Nc1nc(Nc2cnn(CCO)c2)ncc1Cl)c1ccccc1)N1CCCCC1. The molecule has 3 heterocycles. The zero-order valence-corrected chi connectivity index (χ0v) is 18.4. The molecule has 3 N–H and O–H groups in total. The fraction of sp³-hybridized carbons (Fsp3) is 0.364. The highest BCUT2D eigenvalue weighted by Gasteiger charge is 2.28. The summed E-state index contributed by atoms with van der Waals surface area (Å²) in [4.78, 5) is 24.0. The molecule has 1 amide bonds. The maximum Gasteiger partial charge on any atom is 0.249 e. The van der Waals surface area contributed by atoms with E-state index in [1.54, 1.807) is 17.1 Å². The van der Waals surface area contributed by atoms with Gasteiger partial charge in [-0.3, -0.25) is 9.48 Å². The van der Waals surface area contributed by atoms with Crippen molar-refractivity contribution in [3.63, 3.8) is 0 Å². The highest BCUT2D eigenvalue weighted by Crippen LogP contribution is 2.28. The number of nitrogens with one attached hydrogen (secondary N) is 2. The molecule has 10 heteroatoms. The summed E-state index contributed by atoms with van der Waals surface area (Å²) >= 11 is 6.38. The molecule has 1 aliphatic heterocycles. The van der Waals surface area contributed by atoms with E-state index in [-0.39, 0.29) is 12.5 Å². The number of amides is 1. The molecule has 0 aliphatic carbocycles. The van der Waals surface area contributed by atoms with Crippen LogP contribution in [0.2, 0.25) is 5.02 Å². The molecule has 1 aromatic carbocycles. The Hall–Kier alpha value is -3.17. The third-order valence-corrected chi connectivity index (χ3v) is 5.57. The van der Waals surface area contributed by atoms with Crippen LogP contribution < -0.4 is 10.6 Å². The average Bonchev–Trinajstić information content (AvgIpc) is 3.27. The predicted octanol–water partition coefficient (Wildman–Crippen LogP) is 3.23. The van der Waals surface area contributed by atoms with E-state index < -0.39 is 6.04 Å². The number of aromatic nitrogens is 4. The van der Waals surface area contributed by atoms with Crippen LogP contribution in [0.5, 0.6) is 0 Å². The van der Waals surface area contributed by atoms with Gasteiger partial charge in [0.1, 0.15) is 11.1 Å². The Bertz CT molecular complexity index is 1040. The van der Waals surface area contributed by atoms with Crippen molar-refractivity contribution in [1.82, 2.24) is 24.6 Å². The largest absolute Gasteiger partial charge is 0.394 e. The molecule has 9 nitrogen and oxygen atoms in total. The van der Waals surface area contributed by atoms with E-state index in [0.717, 1.165) is 37.9 Å². The summed E-state index contributed by atoms with van der Waals surface area (Å²) in [6, 6.07) is 8.97. The number of carbonyl (C=O) groups is 1. The molecule has 0 saturated carbocycles. The summed E-state index contributed by atoms with van der Waals surface area (Å²) in [5.74, 6) is 0.689. The van der Waals surface area contributed by atoms with E-state index in [0.29, 0.717) is 29.0 Å². The summed E-state index contributed by atoms with van der Waals surface area (Å²) in [6.07, 6.45) is 8.03. The van der Waals surface area contributed by atoms with E-state index >= 15 is 0 Å². The van der Waals surface area contributed by atoms with Crippen molar-refractivity contribution >= 4 is 35.0 Å². The molecule has 1 aliphatic rings. The number of benzene rings is 1. The molecule has 1 saturated heterocycles. The van der Waals surface area contributed by atoms with Gasteiger partial charge in [-0.15, -0.1) is 0 Å². The Morgan fingerprint density at radius 2 is 1.94 bits per heavy atom. The first-order chi connectivity index (χ1) is 15.6. The van der Waals surface area contributed by atoms with Gasteiger partial charge >= 0.3 is 0 Å². The number of aliphatic hydroxyl groups excluding tert-OH is 1.